The largest absolute Gasteiger partial charge is 0.302 e. The highest BCUT2D eigenvalue weighted by Gasteiger charge is 1.99. The summed E-state index contributed by atoms with van der Waals surface area (Å²) >= 11 is 0. The molecule has 0 saturated carbocycles. The summed E-state index contributed by atoms with van der Waals surface area (Å²) in [5.41, 5.74) is 1.33. The highest BCUT2D eigenvalue weighted by atomic mass is 35.5. The van der Waals surface area contributed by atoms with E-state index in [1.165, 1.54) is 5.56 Å². The van der Waals surface area contributed by atoms with Gasteiger partial charge in [0.2, 0.25) is 0 Å². The molecule has 0 aliphatic carbocycles. The molecule has 1 atom stereocenters. The molecule has 1 unspecified atom stereocenters. The summed E-state index contributed by atoms with van der Waals surface area (Å²) < 4.78 is 0. The van der Waals surface area contributed by atoms with Crippen molar-refractivity contribution < 1.29 is 4.84 Å². The fourth-order valence-electron chi connectivity index (χ4n) is 1.08. The minimum atomic E-state index is 0. The second kappa shape index (κ2) is 6.89. The van der Waals surface area contributed by atoms with Crippen LogP contribution in [0.5, 0.6) is 0 Å². The van der Waals surface area contributed by atoms with Crippen LogP contribution in [0.2, 0.25) is 0 Å². The van der Waals surface area contributed by atoms with Gasteiger partial charge in [0, 0.05) is 0 Å². The van der Waals surface area contributed by atoms with E-state index in [2.05, 4.69) is 17.0 Å². The summed E-state index contributed by atoms with van der Waals surface area (Å²) in [6.07, 6.45) is 2.14. The molecule has 0 heterocycles. The average Bonchev–Trinajstić information content (AvgIpc) is 2.16. The van der Waals surface area contributed by atoms with Crippen molar-refractivity contribution in [2.45, 2.75) is 25.9 Å². The van der Waals surface area contributed by atoms with Crippen LogP contribution in [0.1, 0.15) is 18.9 Å². The molecule has 0 spiro atoms. The van der Waals surface area contributed by atoms with Crippen LogP contribution in [-0.4, -0.2) is 6.10 Å². The minimum absolute atomic E-state index is 0. The van der Waals surface area contributed by atoms with E-state index in [-0.39, 0.29) is 18.5 Å². The lowest BCUT2D eigenvalue weighted by atomic mass is 10.1. The third kappa shape index (κ3) is 4.88. The molecule has 3 heteroatoms. The Morgan fingerprint density at radius 1 is 1.31 bits per heavy atom. The predicted octanol–water partition coefficient (Wildman–Crippen LogP) is 2.32. The lowest BCUT2D eigenvalue weighted by Gasteiger charge is -2.07. The lowest BCUT2D eigenvalue weighted by molar-refractivity contribution is 0.0610. The number of rotatable bonds is 4. The van der Waals surface area contributed by atoms with Gasteiger partial charge < -0.3 is 4.84 Å². The van der Waals surface area contributed by atoms with E-state index in [9.17, 15) is 0 Å². The Morgan fingerprint density at radius 2 is 1.92 bits per heavy atom. The van der Waals surface area contributed by atoms with E-state index >= 15 is 0 Å². The first-order valence-corrected chi connectivity index (χ1v) is 4.22. The molecule has 0 aliphatic heterocycles. The van der Waals surface area contributed by atoms with E-state index in [1.54, 1.807) is 0 Å². The first-order valence-electron chi connectivity index (χ1n) is 4.22. The average molecular weight is 202 g/mol. The Kier molecular flexibility index (Phi) is 6.59. The zero-order chi connectivity index (χ0) is 8.81. The van der Waals surface area contributed by atoms with Crippen LogP contribution in [0, 0.1) is 0 Å². The van der Waals surface area contributed by atoms with Crippen LogP contribution in [0.25, 0.3) is 0 Å². The highest BCUT2D eigenvalue weighted by Crippen LogP contribution is 2.05. The molecular formula is C10H16ClNO. The molecule has 0 aliphatic rings. The van der Waals surface area contributed by atoms with Gasteiger partial charge in [-0.25, -0.2) is 5.90 Å². The number of halogens is 1. The molecule has 0 aromatic heterocycles. The summed E-state index contributed by atoms with van der Waals surface area (Å²) in [6.45, 7) is 1.98. The summed E-state index contributed by atoms with van der Waals surface area (Å²) in [5.74, 6) is 5.04. The third-order valence-electron chi connectivity index (χ3n) is 1.91. The third-order valence-corrected chi connectivity index (χ3v) is 1.91. The molecule has 0 fully saturated rings. The van der Waals surface area contributed by atoms with E-state index < -0.39 is 0 Å². The number of hydrogen-bond donors (Lipinski definition) is 1. The van der Waals surface area contributed by atoms with Crippen LogP contribution in [-0.2, 0) is 11.3 Å². The van der Waals surface area contributed by atoms with Crippen molar-refractivity contribution in [3.63, 3.8) is 0 Å². The second-order valence-corrected chi connectivity index (χ2v) is 2.97. The molecular weight excluding hydrogens is 186 g/mol. The van der Waals surface area contributed by atoms with Crippen molar-refractivity contribution in [2.75, 3.05) is 0 Å². The van der Waals surface area contributed by atoms with Crippen molar-refractivity contribution in [1.82, 2.24) is 0 Å². The van der Waals surface area contributed by atoms with E-state index in [0.717, 1.165) is 12.8 Å². The van der Waals surface area contributed by atoms with Crippen molar-refractivity contribution >= 4 is 12.4 Å². The van der Waals surface area contributed by atoms with Gasteiger partial charge in [-0.2, -0.15) is 0 Å². The first kappa shape index (κ1) is 12.4. The number of benzene rings is 1. The van der Waals surface area contributed by atoms with Gasteiger partial charge in [-0.05, 0) is 25.3 Å². The number of nitrogens with two attached hydrogens (primary N) is 1. The van der Waals surface area contributed by atoms with Crippen LogP contribution >= 0.6 is 12.4 Å². The number of aryl methyl sites for hydroxylation is 1. The second-order valence-electron chi connectivity index (χ2n) is 2.97. The van der Waals surface area contributed by atoms with Gasteiger partial charge in [-0.1, -0.05) is 30.3 Å². The monoisotopic (exact) mass is 201 g/mol. The Bertz CT molecular complexity index is 215. The summed E-state index contributed by atoms with van der Waals surface area (Å²) in [6, 6.07) is 10.3. The SMILES string of the molecule is CC(CCc1ccccc1)ON.Cl. The van der Waals surface area contributed by atoms with Gasteiger partial charge in [-0.3, -0.25) is 0 Å². The standard InChI is InChI=1S/C10H15NO.ClH/c1-9(12-11)7-8-10-5-3-2-4-6-10;/h2-6,9H,7-8,11H2,1H3;1H. The summed E-state index contributed by atoms with van der Waals surface area (Å²) in [4.78, 5) is 4.67. The molecule has 0 amide bonds. The minimum Gasteiger partial charge on any atom is -0.302 e. The molecule has 74 valence electrons. The normalized spacial score (nSPS) is 11.8. The smallest absolute Gasteiger partial charge is 0.0762 e. The van der Waals surface area contributed by atoms with Crippen molar-refractivity contribution in [2.24, 2.45) is 5.90 Å². The zero-order valence-electron chi connectivity index (χ0n) is 7.77. The van der Waals surface area contributed by atoms with Gasteiger partial charge in [-0.15, -0.1) is 12.4 Å². The quantitative estimate of drug-likeness (QED) is 0.759. The number of hydrogen-bond acceptors (Lipinski definition) is 2. The van der Waals surface area contributed by atoms with Gasteiger partial charge in [0.1, 0.15) is 0 Å². The Labute approximate surface area is 85.5 Å². The van der Waals surface area contributed by atoms with Crippen molar-refractivity contribution in [1.29, 1.82) is 0 Å². The molecule has 2 nitrogen and oxygen atoms in total. The first-order chi connectivity index (χ1) is 5.83. The van der Waals surface area contributed by atoms with Gasteiger partial charge >= 0.3 is 0 Å². The molecule has 0 bridgehead atoms. The fourth-order valence-corrected chi connectivity index (χ4v) is 1.08. The van der Waals surface area contributed by atoms with Crippen molar-refractivity contribution in [3.8, 4) is 0 Å². The van der Waals surface area contributed by atoms with Crippen LogP contribution in [0.3, 0.4) is 0 Å². The molecule has 0 saturated heterocycles. The Hall–Kier alpha value is -0.570. The molecule has 0 radical (unpaired) electrons. The summed E-state index contributed by atoms with van der Waals surface area (Å²) in [5, 5.41) is 0. The van der Waals surface area contributed by atoms with Gasteiger partial charge in [0.15, 0.2) is 0 Å². The van der Waals surface area contributed by atoms with Gasteiger partial charge in [0.05, 0.1) is 6.10 Å². The summed E-state index contributed by atoms with van der Waals surface area (Å²) in [7, 11) is 0. The molecule has 1 aromatic carbocycles. The Morgan fingerprint density at radius 3 is 2.46 bits per heavy atom. The lowest BCUT2D eigenvalue weighted by Crippen LogP contribution is -2.13. The van der Waals surface area contributed by atoms with Crippen molar-refractivity contribution in [3.05, 3.63) is 35.9 Å². The van der Waals surface area contributed by atoms with Crippen LogP contribution in [0.4, 0.5) is 0 Å². The molecule has 1 rings (SSSR count). The van der Waals surface area contributed by atoms with Crippen LogP contribution < -0.4 is 5.90 Å². The fraction of sp³-hybridized carbons (Fsp3) is 0.400. The maximum Gasteiger partial charge on any atom is 0.0762 e. The molecule has 1 aromatic rings. The maximum atomic E-state index is 5.04. The zero-order valence-corrected chi connectivity index (χ0v) is 8.59. The van der Waals surface area contributed by atoms with E-state index in [1.807, 2.05) is 25.1 Å². The predicted molar refractivity (Wildman–Crippen MR) is 56.7 cm³/mol. The maximum absolute atomic E-state index is 5.04. The topological polar surface area (TPSA) is 35.2 Å². The highest BCUT2D eigenvalue weighted by molar-refractivity contribution is 5.85. The Balaban J connectivity index is 0.00000144. The van der Waals surface area contributed by atoms with Crippen LogP contribution in [0.15, 0.2) is 30.3 Å². The molecule has 13 heavy (non-hydrogen) atoms. The molecule has 2 N–H and O–H groups in total. The van der Waals surface area contributed by atoms with E-state index in [4.69, 9.17) is 5.90 Å². The van der Waals surface area contributed by atoms with E-state index in [0.29, 0.717) is 0 Å². The van der Waals surface area contributed by atoms with Gasteiger partial charge in [0.25, 0.3) is 0 Å².